The molecule has 2 unspecified atom stereocenters. The maximum absolute atomic E-state index is 12.3. The number of hydrogen-bond acceptors (Lipinski definition) is 3. The van der Waals surface area contributed by atoms with Crippen LogP contribution in [0.4, 0.5) is 0 Å². The Bertz CT molecular complexity index is 273. The molecule has 0 bridgehead atoms. The summed E-state index contributed by atoms with van der Waals surface area (Å²) in [7, 11) is 0. The minimum atomic E-state index is -0.583. The summed E-state index contributed by atoms with van der Waals surface area (Å²) in [5, 5.41) is 13.3. The number of carbonyl (C=O) groups is 1. The molecule has 0 spiro atoms. The minimum Gasteiger partial charge on any atom is -0.390 e. The standard InChI is InChI=1S/C13H24N2O2/c1-13(17)5-3-8-15(9-6-13)12(16)11-4-2-7-14-10-11/h11,14,17H,2-10H2,1H3. The highest BCUT2D eigenvalue weighted by Crippen LogP contribution is 2.23. The molecule has 0 radical (unpaired) electrons. The lowest BCUT2D eigenvalue weighted by molar-refractivity contribution is -0.136. The van der Waals surface area contributed by atoms with Gasteiger partial charge in [0.25, 0.3) is 0 Å². The van der Waals surface area contributed by atoms with Crippen molar-refractivity contribution in [1.82, 2.24) is 10.2 Å². The molecule has 0 saturated carbocycles. The normalized spacial score (nSPS) is 35.4. The average Bonchev–Trinajstić information content (AvgIpc) is 2.50. The van der Waals surface area contributed by atoms with Crippen LogP contribution < -0.4 is 5.32 Å². The van der Waals surface area contributed by atoms with Crippen LogP contribution in [-0.4, -0.2) is 47.7 Å². The number of hydrogen-bond donors (Lipinski definition) is 2. The number of nitrogens with zero attached hydrogens (tertiary/aromatic N) is 1. The van der Waals surface area contributed by atoms with Crippen LogP contribution in [0.15, 0.2) is 0 Å². The van der Waals surface area contributed by atoms with E-state index in [1.807, 2.05) is 11.8 Å². The fourth-order valence-electron chi connectivity index (χ4n) is 2.80. The lowest BCUT2D eigenvalue weighted by Gasteiger charge is -2.29. The van der Waals surface area contributed by atoms with E-state index in [0.29, 0.717) is 13.0 Å². The molecule has 98 valence electrons. The van der Waals surface area contributed by atoms with Crippen molar-refractivity contribution in [1.29, 1.82) is 0 Å². The fourth-order valence-corrected chi connectivity index (χ4v) is 2.80. The first-order valence-corrected chi connectivity index (χ1v) is 6.80. The SMILES string of the molecule is CC1(O)CCCN(C(=O)C2CCCNC2)CC1. The Balaban J connectivity index is 1.90. The Morgan fingerprint density at radius 2 is 2.18 bits per heavy atom. The van der Waals surface area contributed by atoms with E-state index in [4.69, 9.17) is 0 Å². The second-order valence-electron chi connectivity index (χ2n) is 5.72. The van der Waals surface area contributed by atoms with Gasteiger partial charge in [-0.15, -0.1) is 0 Å². The second-order valence-corrected chi connectivity index (χ2v) is 5.72. The summed E-state index contributed by atoms with van der Waals surface area (Å²) in [6.07, 6.45) is 4.54. The number of carbonyl (C=O) groups excluding carboxylic acids is 1. The van der Waals surface area contributed by atoms with Crippen molar-refractivity contribution >= 4 is 5.91 Å². The van der Waals surface area contributed by atoms with Gasteiger partial charge in [-0.3, -0.25) is 4.79 Å². The zero-order valence-corrected chi connectivity index (χ0v) is 10.7. The van der Waals surface area contributed by atoms with Crippen LogP contribution in [0.25, 0.3) is 0 Å². The number of likely N-dealkylation sites (tertiary alicyclic amines) is 1. The van der Waals surface area contributed by atoms with Crippen LogP contribution in [0.1, 0.15) is 39.0 Å². The summed E-state index contributed by atoms with van der Waals surface area (Å²) in [5.74, 6) is 0.446. The predicted octanol–water partition coefficient (Wildman–Crippen LogP) is 0.749. The molecular formula is C13H24N2O2. The Hall–Kier alpha value is -0.610. The molecule has 4 heteroatoms. The van der Waals surface area contributed by atoms with Gasteiger partial charge in [-0.1, -0.05) is 0 Å². The summed E-state index contributed by atoms with van der Waals surface area (Å²) in [5.41, 5.74) is -0.583. The Morgan fingerprint density at radius 1 is 1.35 bits per heavy atom. The third-order valence-electron chi connectivity index (χ3n) is 4.02. The van der Waals surface area contributed by atoms with E-state index in [9.17, 15) is 9.90 Å². The molecule has 0 aliphatic carbocycles. The van der Waals surface area contributed by atoms with Crippen LogP contribution in [0.3, 0.4) is 0 Å². The molecule has 17 heavy (non-hydrogen) atoms. The van der Waals surface area contributed by atoms with Gasteiger partial charge in [0.15, 0.2) is 0 Å². The summed E-state index contributed by atoms with van der Waals surface area (Å²) in [6, 6.07) is 0. The van der Waals surface area contributed by atoms with Crippen molar-refractivity contribution in [3.63, 3.8) is 0 Å². The molecule has 2 saturated heterocycles. The van der Waals surface area contributed by atoms with Crippen LogP contribution in [-0.2, 0) is 4.79 Å². The molecule has 2 N–H and O–H groups in total. The van der Waals surface area contributed by atoms with Gasteiger partial charge >= 0.3 is 0 Å². The maximum Gasteiger partial charge on any atom is 0.226 e. The third kappa shape index (κ3) is 3.42. The van der Waals surface area contributed by atoms with Gasteiger partial charge in [0.05, 0.1) is 11.5 Å². The van der Waals surface area contributed by atoms with Crippen LogP contribution in [0.5, 0.6) is 0 Å². The van der Waals surface area contributed by atoms with E-state index >= 15 is 0 Å². The molecule has 2 aliphatic heterocycles. The highest BCUT2D eigenvalue weighted by molar-refractivity contribution is 5.79. The van der Waals surface area contributed by atoms with Crippen LogP contribution in [0, 0.1) is 5.92 Å². The van der Waals surface area contributed by atoms with E-state index in [1.165, 1.54) is 0 Å². The van der Waals surface area contributed by atoms with E-state index in [2.05, 4.69) is 5.32 Å². The Labute approximate surface area is 103 Å². The van der Waals surface area contributed by atoms with E-state index in [1.54, 1.807) is 0 Å². The number of nitrogens with one attached hydrogen (secondary N) is 1. The Morgan fingerprint density at radius 3 is 2.88 bits per heavy atom. The number of rotatable bonds is 1. The fraction of sp³-hybridized carbons (Fsp3) is 0.923. The van der Waals surface area contributed by atoms with Crippen molar-refractivity contribution in [3.8, 4) is 0 Å². The summed E-state index contributed by atoms with van der Waals surface area (Å²) >= 11 is 0. The number of aliphatic hydroxyl groups is 1. The quantitative estimate of drug-likeness (QED) is 0.711. The van der Waals surface area contributed by atoms with E-state index < -0.39 is 5.60 Å². The van der Waals surface area contributed by atoms with Crippen molar-refractivity contribution in [2.24, 2.45) is 5.92 Å². The first kappa shape index (κ1) is 12.8. The first-order valence-electron chi connectivity index (χ1n) is 6.80. The molecule has 2 aliphatic rings. The summed E-state index contributed by atoms with van der Waals surface area (Å²) in [6.45, 7) is 5.27. The summed E-state index contributed by atoms with van der Waals surface area (Å²) < 4.78 is 0. The average molecular weight is 240 g/mol. The molecular weight excluding hydrogens is 216 g/mol. The van der Waals surface area contributed by atoms with Gasteiger partial charge in [-0.2, -0.15) is 0 Å². The zero-order chi connectivity index (χ0) is 12.3. The lowest BCUT2D eigenvalue weighted by atomic mass is 9.97. The molecule has 2 rings (SSSR count). The Kier molecular flexibility index (Phi) is 4.05. The lowest BCUT2D eigenvalue weighted by Crippen LogP contribution is -2.43. The molecule has 1 amide bonds. The van der Waals surface area contributed by atoms with Crippen molar-refractivity contribution in [3.05, 3.63) is 0 Å². The van der Waals surface area contributed by atoms with Crippen LogP contribution in [0.2, 0.25) is 0 Å². The molecule has 0 aromatic carbocycles. The molecule has 4 nitrogen and oxygen atoms in total. The van der Waals surface area contributed by atoms with Crippen molar-refractivity contribution in [2.45, 2.75) is 44.6 Å². The monoisotopic (exact) mass is 240 g/mol. The van der Waals surface area contributed by atoms with Gasteiger partial charge < -0.3 is 15.3 Å². The highest BCUT2D eigenvalue weighted by atomic mass is 16.3. The maximum atomic E-state index is 12.3. The van der Waals surface area contributed by atoms with Gasteiger partial charge in [0, 0.05) is 19.6 Å². The van der Waals surface area contributed by atoms with Gasteiger partial charge in [-0.05, 0) is 45.6 Å². The van der Waals surface area contributed by atoms with E-state index in [0.717, 1.165) is 45.3 Å². The minimum absolute atomic E-state index is 0.159. The third-order valence-corrected chi connectivity index (χ3v) is 4.02. The molecule has 0 aromatic heterocycles. The predicted molar refractivity (Wildman–Crippen MR) is 66.6 cm³/mol. The smallest absolute Gasteiger partial charge is 0.226 e. The van der Waals surface area contributed by atoms with E-state index in [-0.39, 0.29) is 11.8 Å². The largest absolute Gasteiger partial charge is 0.390 e. The topological polar surface area (TPSA) is 52.6 Å². The van der Waals surface area contributed by atoms with Crippen molar-refractivity contribution < 1.29 is 9.90 Å². The molecule has 2 heterocycles. The second kappa shape index (κ2) is 5.36. The zero-order valence-electron chi connectivity index (χ0n) is 10.7. The first-order chi connectivity index (χ1) is 8.08. The molecule has 2 atom stereocenters. The summed E-state index contributed by atoms with van der Waals surface area (Å²) in [4.78, 5) is 14.3. The van der Waals surface area contributed by atoms with Crippen LogP contribution >= 0.6 is 0 Å². The highest BCUT2D eigenvalue weighted by Gasteiger charge is 2.30. The number of amides is 1. The van der Waals surface area contributed by atoms with Gasteiger partial charge in [0.2, 0.25) is 5.91 Å². The number of piperidine rings is 1. The van der Waals surface area contributed by atoms with Gasteiger partial charge in [0.1, 0.15) is 0 Å². The molecule has 0 aromatic rings. The van der Waals surface area contributed by atoms with Gasteiger partial charge in [-0.25, -0.2) is 0 Å². The molecule has 2 fully saturated rings. The van der Waals surface area contributed by atoms with Crippen molar-refractivity contribution in [2.75, 3.05) is 26.2 Å².